The molecule has 3 heterocycles. The van der Waals surface area contributed by atoms with Crippen molar-refractivity contribution in [1.29, 1.82) is 0 Å². The van der Waals surface area contributed by atoms with E-state index in [1.54, 1.807) is 0 Å². The lowest BCUT2D eigenvalue weighted by Gasteiger charge is -2.13. The Labute approximate surface area is 134 Å². The zero-order chi connectivity index (χ0) is 16.7. The number of rotatable bonds is 4. The van der Waals surface area contributed by atoms with Crippen LogP contribution in [0.1, 0.15) is 29.8 Å². The van der Waals surface area contributed by atoms with Gasteiger partial charge >= 0.3 is 0 Å². The summed E-state index contributed by atoms with van der Waals surface area (Å²) in [6.45, 7) is 0.898. The molecule has 0 radical (unpaired) electrons. The number of amides is 1. The standard InChI is InChI=1S/C13H18N2O6S2/c16-13(14-10-5-8-22(17,18)9-10)11-3-4-12(21-11)23(19,20)15-6-1-2-7-15/h3-4,10H,1-2,5-9H2,(H,14,16). The molecule has 2 aliphatic heterocycles. The van der Waals surface area contributed by atoms with Crippen LogP contribution in [0, 0.1) is 0 Å². The van der Waals surface area contributed by atoms with Gasteiger partial charge in [-0.05, 0) is 31.4 Å². The van der Waals surface area contributed by atoms with Crippen LogP contribution in [-0.4, -0.2) is 57.7 Å². The Hall–Kier alpha value is -1.39. The normalized spacial score (nSPS) is 24.8. The van der Waals surface area contributed by atoms with Crippen LogP contribution in [-0.2, 0) is 19.9 Å². The van der Waals surface area contributed by atoms with E-state index in [1.807, 2.05) is 0 Å². The van der Waals surface area contributed by atoms with Crippen molar-refractivity contribution in [2.24, 2.45) is 0 Å². The Morgan fingerprint density at radius 3 is 2.57 bits per heavy atom. The second-order valence-electron chi connectivity index (χ2n) is 5.80. The zero-order valence-corrected chi connectivity index (χ0v) is 14.0. The monoisotopic (exact) mass is 362 g/mol. The maximum Gasteiger partial charge on any atom is 0.287 e. The molecule has 2 fully saturated rings. The molecule has 0 aliphatic carbocycles. The summed E-state index contributed by atoms with van der Waals surface area (Å²) in [7, 11) is -6.81. The van der Waals surface area contributed by atoms with Crippen molar-refractivity contribution in [2.45, 2.75) is 30.4 Å². The van der Waals surface area contributed by atoms with Crippen molar-refractivity contribution in [3.05, 3.63) is 17.9 Å². The summed E-state index contributed by atoms with van der Waals surface area (Å²) in [5, 5.41) is 2.30. The predicted octanol–water partition coefficient (Wildman–Crippen LogP) is -0.0190. The Kier molecular flexibility index (Phi) is 4.23. The summed E-state index contributed by atoms with van der Waals surface area (Å²) in [5.41, 5.74) is 0. The number of nitrogens with one attached hydrogen (secondary N) is 1. The van der Waals surface area contributed by atoms with Crippen LogP contribution < -0.4 is 5.32 Å². The van der Waals surface area contributed by atoms with E-state index >= 15 is 0 Å². The van der Waals surface area contributed by atoms with Crippen molar-refractivity contribution in [3.63, 3.8) is 0 Å². The average Bonchev–Trinajstić information content (AvgIpc) is 3.17. The third-order valence-corrected chi connectivity index (χ3v) is 7.57. The van der Waals surface area contributed by atoms with Crippen LogP contribution in [0.2, 0.25) is 0 Å². The SMILES string of the molecule is O=C(NC1CCS(=O)(=O)C1)c1ccc(S(=O)(=O)N2CCCC2)o1. The molecule has 1 amide bonds. The Morgan fingerprint density at radius 2 is 1.96 bits per heavy atom. The highest BCUT2D eigenvalue weighted by atomic mass is 32.2. The van der Waals surface area contributed by atoms with Crippen LogP contribution in [0.15, 0.2) is 21.6 Å². The number of carbonyl (C=O) groups is 1. The lowest BCUT2D eigenvalue weighted by Crippen LogP contribution is -2.35. The summed E-state index contributed by atoms with van der Waals surface area (Å²) >= 11 is 0. The molecule has 1 unspecified atom stereocenters. The van der Waals surface area contributed by atoms with Gasteiger partial charge in [0.1, 0.15) is 0 Å². The van der Waals surface area contributed by atoms with Crippen molar-refractivity contribution >= 4 is 25.8 Å². The van der Waals surface area contributed by atoms with Gasteiger partial charge in [-0.1, -0.05) is 0 Å². The number of sulfonamides is 1. The smallest absolute Gasteiger partial charge is 0.287 e. The van der Waals surface area contributed by atoms with Gasteiger partial charge < -0.3 is 9.73 Å². The van der Waals surface area contributed by atoms with Gasteiger partial charge in [0.2, 0.25) is 5.09 Å². The van der Waals surface area contributed by atoms with E-state index in [9.17, 15) is 21.6 Å². The van der Waals surface area contributed by atoms with Gasteiger partial charge in [-0.3, -0.25) is 4.79 Å². The minimum Gasteiger partial charge on any atom is -0.438 e. The van der Waals surface area contributed by atoms with Crippen LogP contribution in [0.25, 0.3) is 0 Å². The van der Waals surface area contributed by atoms with E-state index in [4.69, 9.17) is 4.42 Å². The molecule has 2 aliphatic rings. The molecule has 3 rings (SSSR count). The van der Waals surface area contributed by atoms with Gasteiger partial charge in [-0.25, -0.2) is 16.8 Å². The third-order valence-electron chi connectivity index (χ3n) is 4.03. The topological polar surface area (TPSA) is 114 Å². The molecule has 2 saturated heterocycles. The number of sulfone groups is 1. The highest BCUT2D eigenvalue weighted by Crippen LogP contribution is 2.23. The van der Waals surface area contributed by atoms with Crippen molar-refractivity contribution in [2.75, 3.05) is 24.6 Å². The second kappa shape index (κ2) is 5.91. The van der Waals surface area contributed by atoms with Gasteiger partial charge in [-0.2, -0.15) is 4.31 Å². The summed E-state index contributed by atoms with van der Waals surface area (Å²) < 4.78 is 53.9. The molecule has 1 atom stereocenters. The van der Waals surface area contributed by atoms with Gasteiger partial charge in [0.15, 0.2) is 15.6 Å². The van der Waals surface area contributed by atoms with Gasteiger partial charge in [0.25, 0.3) is 15.9 Å². The molecule has 0 aromatic carbocycles. The summed E-state index contributed by atoms with van der Waals surface area (Å²) in [6, 6.07) is 2.09. The van der Waals surface area contributed by atoms with Crippen LogP contribution in [0.3, 0.4) is 0 Å². The van der Waals surface area contributed by atoms with Crippen molar-refractivity contribution < 1.29 is 26.0 Å². The molecule has 0 spiro atoms. The first kappa shape index (κ1) is 16.5. The lowest BCUT2D eigenvalue weighted by molar-refractivity contribution is 0.0907. The van der Waals surface area contributed by atoms with Gasteiger partial charge in [0, 0.05) is 19.1 Å². The quantitative estimate of drug-likeness (QED) is 0.805. The van der Waals surface area contributed by atoms with Crippen molar-refractivity contribution in [3.8, 4) is 0 Å². The second-order valence-corrected chi connectivity index (χ2v) is 9.90. The number of hydrogen-bond donors (Lipinski definition) is 1. The lowest BCUT2D eigenvalue weighted by atomic mass is 10.2. The highest BCUT2D eigenvalue weighted by molar-refractivity contribution is 7.91. The summed E-state index contributed by atoms with van der Waals surface area (Å²) in [6.07, 6.45) is 1.97. The van der Waals surface area contributed by atoms with Crippen molar-refractivity contribution in [1.82, 2.24) is 9.62 Å². The third kappa shape index (κ3) is 3.43. The minimum atomic E-state index is -3.71. The largest absolute Gasteiger partial charge is 0.438 e. The predicted molar refractivity (Wildman–Crippen MR) is 81.2 cm³/mol. The maximum absolute atomic E-state index is 12.3. The molecule has 8 nitrogen and oxygen atoms in total. The van der Waals surface area contributed by atoms with Gasteiger partial charge in [-0.15, -0.1) is 0 Å². The van der Waals surface area contributed by atoms with Gasteiger partial charge in [0.05, 0.1) is 11.5 Å². The number of furan rings is 1. The summed E-state index contributed by atoms with van der Waals surface area (Å²) in [4.78, 5) is 12.1. The molecular formula is C13H18N2O6S2. The number of hydrogen-bond acceptors (Lipinski definition) is 6. The molecule has 0 saturated carbocycles. The molecule has 1 aromatic rings. The molecule has 1 N–H and O–H groups in total. The maximum atomic E-state index is 12.3. The fourth-order valence-corrected chi connectivity index (χ4v) is 5.90. The fourth-order valence-electron chi connectivity index (χ4n) is 2.80. The molecule has 128 valence electrons. The Bertz CT molecular complexity index is 805. The zero-order valence-electron chi connectivity index (χ0n) is 12.4. The first-order valence-electron chi connectivity index (χ1n) is 7.39. The summed E-state index contributed by atoms with van der Waals surface area (Å²) in [5.74, 6) is -0.787. The average molecular weight is 362 g/mol. The van der Waals surface area contributed by atoms with Crippen LogP contribution in [0.4, 0.5) is 0 Å². The highest BCUT2D eigenvalue weighted by Gasteiger charge is 2.32. The van der Waals surface area contributed by atoms with E-state index in [1.165, 1.54) is 16.4 Å². The van der Waals surface area contributed by atoms with E-state index in [2.05, 4.69) is 5.32 Å². The molecule has 1 aromatic heterocycles. The number of carbonyl (C=O) groups excluding carboxylic acids is 1. The Morgan fingerprint density at radius 1 is 1.26 bits per heavy atom. The molecular weight excluding hydrogens is 344 g/mol. The van der Waals surface area contributed by atoms with Crippen LogP contribution >= 0.6 is 0 Å². The first-order valence-corrected chi connectivity index (χ1v) is 10.7. The molecule has 0 bridgehead atoms. The molecule has 23 heavy (non-hydrogen) atoms. The fraction of sp³-hybridized carbons (Fsp3) is 0.615. The number of nitrogens with zero attached hydrogens (tertiary/aromatic N) is 1. The minimum absolute atomic E-state index is 0.0463. The first-order chi connectivity index (χ1) is 10.8. The molecule has 10 heteroatoms. The van der Waals surface area contributed by atoms with E-state index in [-0.39, 0.29) is 22.4 Å². The Balaban J connectivity index is 1.70. The van der Waals surface area contributed by atoms with E-state index in [0.29, 0.717) is 19.5 Å². The van der Waals surface area contributed by atoms with E-state index in [0.717, 1.165) is 12.8 Å². The van der Waals surface area contributed by atoms with E-state index < -0.39 is 31.8 Å². The van der Waals surface area contributed by atoms with Crippen LogP contribution in [0.5, 0.6) is 0 Å².